The molecular formula is C13H17BrN2O3. The number of carbonyl (C=O) groups excluding carboxylic acids is 1. The number of carboxylic acids is 1. The number of benzene rings is 1. The molecule has 0 radical (unpaired) electrons. The maximum atomic E-state index is 11.0. The SMILES string of the molecule is CCCC(CC(=O)O)Nc1ccc(C(N)=O)cc1Br. The highest BCUT2D eigenvalue weighted by atomic mass is 79.9. The van der Waals surface area contributed by atoms with Gasteiger partial charge in [0.25, 0.3) is 0 Å². The van der Waals surface area contributed by atoms with Crippen molar-refractivity contribution < 1.29 is 14.7 Å². The van der Waals surface area contributed by atoms with Crippen molar-refractivity contribution >= 4 is 33.5 Å². The first-order valence-electron chi connectivity index (χ1n) is 6.01. The lowest BCUT2D eigenvalue weighted by atomic mass is 10.1. The molecule has 0 saturated heterocycles. The fraction of sp³-hybridized carbons (Fsp3) is 0.385. The normalized spacial score (nSPS) is 11.9. The maximum absolute atomic E-state index is 11.0. The van der Waals surface area contributed by atoms with Gasteiger partial charge >= 0.3 is 5.97 Å². The number of amides is 1. The lowest BCUT2D eigenvalue weighted by Gasteiger charge is -2.18. The summed E-state index contributed by atoms with van der Waals surface area (Å²) in [4.78, 5) is 21.8. The summed E-state index contributed by atoms with van der Waals surface area (Å²) in [5.74, 6) is -1.33. The standard InChI is InChI=1S/C13H17BrN2O3/c1-2-3-9(7-12(17)18)16-11-5-4-8(13(15)19)6-10(11)14/h4-6,9,16H,2-3,7H2,1H3,(H2,15,19)(H,17,18). The summed E-state index contributed by atoms with van der Waals surface area (Å²) < 4.78 is 0.690. The number of halogens is 1. The number of anilines is 1. The molecule has 0 fully saturated rings. The minimum Gasteiger partial charge on any atom is -0.481 e. The topological polar surface area (TPSA) is 92.4 Å². The first-order valence-corrected chi connectivity index (χ1v) is 6.81. The van der Waals surface area contributed by atoms with Crippen molar-refractivity contribution in [2.75, 3.05) is 5.32 Å². The Hall–Kier alpha value is -1.56. The molecule has 0 saturated carbocycles. The highest BCUT2D eigenvalue weighted by Gasteiger charge is 2.14. The summed E-state index contributed by atoms with van der Waals surface area (Å²) in [7, 11) is 0. The molecule has 1 rings (SSSR count). The van der Waals surface area contributed by atoms with E-state index < -0.39 is 11.9 Å². The van der Waals surface area contributed by atoms with E-state index in [-0.39, 0.29) is 12.5 Å². The van der Waals surface area contributed by atoms with Gasteiger partial charge in [0.15, 0.2) is 0 Å². The van der Waals surface area contributed by atoms with E-state index in [0.717, 1.165) is 18.5 Å². The molecule has 1 aromatic carbocycles. The molecule has 6 heteroatoms. The number of nitrogens with two attached hydrogens (primary N) is 1. The van der Waals surface area contributed by atoms with Crippen LogP contribution in [0.5, 0.6) is 0 Å². The van der Waals surface area contributed by atoms with Crippen LogP contribution in [0.2, 0.25) is 0 Å². The highest BCUT2D eigenvalue weighted by Crippen LogP contribution is 2.25. The Labute approximate surface area is 120 Å². The van der Waals surface area contributed by atoms with E-state index in [1.165, 1.54) is 0 Å². The average Bonchev–Trinajstić information content (AvgIpc) is 2.31. The Morgan fingerprint density at radius 2 is 2.16 bits per heavy atom. The maximum Gasteiger partial charge on any atom is 0.305 e. The van der Waals surface area contributed by atoms with E-state index in [1.807, 2.05) is 6.92 Å². The fourth-order valence-corrected chi connectivity index (χ4v) is 2.28. The lowest BCUT2D eigenvalue weighted by Crippen LogP contribution is -2.23. The lowest BCUT2D eigenvalue weighted by molar-refractivity contribution is -0.137. The summed E-state index contributed by atoms with van der Waals surface area (Å²) in [6.45, 7) is 2.00. The molecule has 0 bridgehead atoms. The first-order chi connectivity index (χ1) is 8.93. The summed E-state index contributed by atoms with van der Waals surface area (Å²) in [5.41, 5.74) is 6.35. The van der Waals surface area contributed by atoms with Gasteiger partial charge in [-0.2, -0.15) is 0 Å². The smallest absolute Gasteiger partial charge is 0.305 e. The van der Waals surface area contributed by atoms with E-state index in [4.69, 9.17) is 10.8 Å². The number of carboxylic acid groups (broad SMARTS) is 1. The van der Waals surface area contributed by atoms with Gasteiger partial charge in [0.1, 0.15) is 0 Å². The van der Waals surface area contributed by atoms with E-state index in [2.05, 4.69) is 21.2 Å². The molecule has 0 heterocycles. The van der Waals surface area contributed by atoms with Crippen molar-refractivity contribution in [3.05, 3.63) is 28.2 Å². The van der Waals surface area contributed by atoms with Gasteiger partial charge in [-0.25, -0.2) is 0 Å². The second kappa shape index (κ2) is 7.13. The summed E-state index contributed by atoms with van der Waals surface area (Å²) >= 11 is 3.34. The molecule has 1 aromatic rings. The van der Waals surface area contributed by atoms with E-state index in [0.29, 0.717) is 10.0 Å². The molecule has 1 atom stereocenters. The Morgan fingerprint density at radius 3 is 2.63 bits per heavy atom. The average molecular weight is 329 g/mol. The third-order valence-corrected chi connectivity index (χ3v) is 3.33. The third-order valence-electron chi connectivity index (χ3n) is 2.67. The molecular weight excluding hydrogens is 312 g/mol. The Morgan fingerprint density at radius 1 is 1.47 bits per heavy atom. The zero-order chi connectivity index (χ0) is 14.4. The van der Waals surface area contributed by atoms with Crippen molar-refractivity contribution in [1.82, 2.24) is 0 Å². The van der Waals surface area contributed by atoms with Crippen molar-refractivity contribution in [2.45, 2.75) is 32.2 Å². The molecule has 4 N–H and O–H groups in total. The van der Waals surface area contributed by atoms with Gasteiger partial charge in [0, 0.05) is 21.8 Å². The van der Waals surface area contributed by atoms with Crippen LogP contribution < -0.4 is 11.1 Å². The monoisotopic (exact) mass is 328 g/mol. The number of carbonyl (C=O) groups is 2. The molecule has 5 nitrogen and oxygen atoms in total. The van der Waals surface area contributed by atoms with Crippen LogP contribution in [0.3, 0.4) is 0 Å². The van der Waals surface area contributed by atoms with Gasteiger partial charge < -0.3 is 16.2 Å². The predicted octanol–water partition coefficient (Wildman–Crippen LogP) is 2.60. The third kappa shape index (κ3) is 4.90. The first kappa shape index (κ1) is 15.5. The molecule has 0 aromatic heterocycles. The highest BCUT2D eigenvalue weighted by molar-refractivity contribution is 9.10. The zero-order valence-corrected chi connectivity index (χ0v) is 12.2. The number of primary amides is 1. The molecule has 0 spiro atoms. The Kier molecular flexibility index (Phi) is 5.82. The summed E-state index contributed by atoms with van der Waals surface area (Å²) in [5, 5.41) is 12.0. The fourth-order valence-electron chi connectivity index (χ4n) is 1.79. The van der Waals surface area contributed by atoms with Gasteiger partial charge in [-0.15, -0.1) is 0 Å². The molecule has 0 aliphatic carbocycles. The van der Waals surface area contributed by atoms with Gasteiger partial charge in [-0.3, -0.25) is 9.59 Å². The zero-order valence-electron chi connectivity index (χ0n) is 10.6. The molecule has 1 amide bonds. The number of rotatable bonds is 7. The quantitative estimate of drug-likeness (QED) is 0.717. The van der Waals surface area contributed by atoms with Crippen LogP contribution in [0.25, 0.3) is 0 Å². The molecule has 1 unspecified atom stereocenters. The van der Waals surface area contributed by atoms with Crippen LogP contribution in [-0.2, 0) is 4.79 Å². The second-order valence-electron chi connectivity index (χ2n) is 4.29. The molecule has 19 heavy (non-hydrogen) atoms. The van der Waals surface area contributed by atoms with Crippen LogP contribution in [0.4, 0.5) is 5.69 Å². The van der Waals surface area contributed by atoms with Crippen molar-refractivity contribution in [3.8, 4) is 0 Å². The van der Waals surface area contributed by atoms with Crippen LogP contribution in [0.15, 0.2) is 22.7 Å². The van der Waals surface area contributed by atoms with Crippen LogP contribution in [-0.4, -0.2) is 23.0 Å². The number of aliphatic carboxylic acids is 1. The van der Waals surface area contributed by atoms with Crippen molar-refractivity contribution in [3.63, 3.8) is 0 Å². The number of nitrogens with one attached hydrogen (secondary N) is 1. The largest absolute Gasteiger partial charge is 0.481 e. The van der Waals surface area contributed by atoms with Crippen LogP contribution >= 0.6 is 15.9 Å². The minimum atomic E-state index is -0.837. The number of hydrogen-bond donors (Lipinski definition) is 3. The molecule has 104 valence electrons. The van der Waals surface area contributed by atoms with Gasteiger partial charge in [-0.05, 0) is 40.5 Å². The van der Waals surface area contributed by atoms with E-state index >= 15 is 0 Å². The summed E-state index contributed by atoms with van der Waals surface area (Å²) in [6, 6.07) is 4.81. The molecule has 0 aliphatic rings. The van der Waals surface area contributed by atoms with Crippen molar-refractivity contribution in [2.24, 2.45) is 5.73 Å². The minimum absolute atomic E-state index is 0.0534. The van der Waals surface area contributed by atoms with Crippen LogP contribution in [0.1, 0.15) is 36.5 Å². The van der Waals surface area contributed by atoms with E-state index in [9.17, 15) is 9.59 Å². The molecule has 0 aliphatic heterocycles. The predicted molar refractivity (Wildman–Crippen MR) is 77.2 cm³/mol. The second-order valence-corrected chi connectivity index (χ2v) is 5.14. The Bertz CT molecular complexity index is 477. The van der Waals surface area contributed by atoms with Crippen LogP contribution in [0, 0.1) is 0 Å². The van der Waals surface area contributed by atoms with Gasteiger partial charge in [0.2, 0.25) is 5.91 Å². The van der Waals surface area contributed by atoms with Gasteiger partial charge in [0.05, 0.1) is 6.42 Å². The van der Waals surface area contributed by atoms with Gasteiger partial charge in [-0.1, -0.05) is 13.3 Å². The van der Waals surface area contributed by atoms with E-state index in [1.54, 1.807) is 18.2 Å². The number of hydrogen-bond acceptors (Lipinski definition) is 3. The van der Waals surface area contributed by atoms with Crippen molar-refractivity contribution in [1.29, 1.82) is 0 Å². The Balaban J connectivity index is 2.84. The summed E-state index contributed by atoms with van der Waals surface area (Å²) in [6.07, 6.45) is 1.70.